The lowest BCUT2D eigenvalue weighted by Gasteiger charge is -2.26. The fourth-order valence-corrected chi connectivity index (χ4v) is 3.01. The van der Waals surface area contributed by atoms with Gasteiger partial charge in [-0.25, -0.2) is 8.78 Å². The fourth-order valence-electron chi connectivity index (χ4n) is 3.01. The summed E-state index contributed by atoms with van der Waals surface area (Å²) >= 11 is 0. The number of hydrogen-bond donors (Lipinski definition) is 1. The van der Waals surface area contributed by atoms with Gasteiger partial charge >= 0.3 is 0 Å². The van der Waals surface area contributed by atoms with E-state index in [1.807, 2.05) is 37.3 Å². The number of benzene rings is 1. The van der Waals surface area contributed by atoms with Crippen LogP contribution < -0.4 is 5.32 Å². The SMILES string of the molecule is CC(C(=O)NCc1nc(C2CCC(F)(F)CC2)no1)c1ccccc1. The van der Waals surface area contributed by atoms with Crippen LogP contribution in [0.25, 0.3) is 0 Å². The Morgan fingerprint density at radius 1 is 1.32 bits per heavy atom. The Morgan fingerprint density at radius 2 is 2.00 bits per heavy atom. The minimum atomic E-state index is -2.58. The summed E-state index contributed by atoms with van der Waals surface area (Å²) in [4.78, 5) is 16.5. The molecule has 1 heterocycles. The summed E-state index contributed by atoms with van der Waals surface area (Å²) < 4.78 is 31.6. The van der Waals surface area contributed by atoms with Gasteiger partial charge in [-0.15, -0.1) is 0 Å². The second-order valence-corrected chi connectivity index (χ2v) is 6.53. The number of carbonyl (C=O) groups is 1. The van der Waals surface area contributed by atoms with Crippen molar-refractivity contribution in [3.63, 3.8) is 0 Å². The first-order valence-electron chi connectivity index (χ1n) is 8.47. The van der Waals surface area contributed by atoms with Crippen LogP contribution in [0.1, 0.15) is 61.7 Å². The first kappa shape index (κ1) is 17.5. The van der Waals surface area contributed by atoms with Gasteiger partial charge in [0.15, 0.2) is 5.82 Å². The molecule has 1 fully saturated rings. The van der Waals surface area contributed by atoms with E-state index in [9.17, 15) is 13.6 Å². The number of aromatic nitrogens is 2. The van der Waals surface area contributed by atoms with Crippen LogP contribution in [0.2, 0.25) is 0 Å². The van der Waals surface area contributed by atoms with Crippen LogP contribution in [-0.2, 0) is 11.3 Å². The molecule has 2 aromatic rings. The van der Waals surface area contributed by atoms with Gasteiger partial charge in [-0.05, 0) is 25.3 Å². The van der Waals surface area contributed by atoms with Crippen LogP contribution in [-0.4, -0.2) is 22.0 Å². The maximum Gasteiger partial charge on any atom is 0.248 e. The van der Waals surface area contributed by atoms with E-state index in [1.54, 1.807) is 0 Å². The van der Waals surface area contributed by atoms with Crippen LogP contribution in [0.15, 0.2) is 34.9 Å². The van der Waals surface area contributed by atoms with Crippen molar-refractivity contribution in [1.82, 2.24) is 15.5 Å². The van der Waals surface area contributed by atoms with Gasteiger partial charge in [-0.2, -0.15) is 4.98 Å². The van der Waals surface area contributed by atoms with Gasteiger partial charge in [-0.3, -0.25) is 4.79 Å². The molecule has 134 valence electrons. The smallest absolute Gasteiger partial charge is 0.248 e. The van der Waals surface area contributed by atoms with E-state index >= 15 is 0 Å². The molecule has 5 nitrogen and oxygen atoms in total. The molecular formula is C18H21F2N3O2. The van der Waals surface area contributed by atoms with Crippen LogP contribution in [0.4, 0.5) is 8.78 Å². The number of nitrogens with one attached hydrogen (secondary N) is 1. The zero-order valence-electron chi connectivity index (χ0n) is 14.0. The summed E-state index contributed by atoms with van der Waals surface area (Å²) in [5.41, 5.74) is 0.925. The van der Waals surface area contributed by atoms with Crippen molar-refractivity contribution < 1.29 is 18.1 Å². The zero-order chi connectivity index (χ0) is 17.9. The number of nitrogens with zero attached hydrogens (tertiary/aromatic N) is 2. The number of carbonyl (C=O) groups excluding carboxylic acids is 1. The van der Waals surface area contributed by atoms with E-state index in [-0.39, 0.29) is 37.1 Å². The van der Waals surface area contributed by atoms with Gasteiger partial charge in [0.1, 0.15) is 0 Å². The molecule has 7 heteroatoms. The monoisotopic (exact) mass is 349 g/mol. The predicted octanol–water partition coefficient (Wildman–Crippen LogP) is 3.78. The molecule has 1 unspecified atom stereocenters. The molecule has 1 saturated carbocycles. The normalized spacial score (nSPS) is 18.7. The molecule has 1 aromatic heterocycles. The minimum Gasteiger partial charge on any atom is -0.346 e. The van der Waals surface area contributed by atoms with E-state index in [2.05, 4.69) is 15.5 Å². The standard InChI is InChI=1S/C18H21F2N3O2/c1-12(13-5-3-2-4-6-13)17(24)21-11-15-22-16(23-25-15)14-7-9-18(19,20)10-8-14/h2-6,12,14H,7-11H2,1H3,(H,21,24). The van der Waals surface area contributed by atoms with Gasteiger partial charge in [-0.1, -0.05) is 35.5 Å². The maximum atomic E-state index is 13.2. The molecular weight excluding hydrogens is 328 g/mol. The number of amides is 1. The molecule has 1 aliphatic rings. The van der Waals surface area contributed by atoms with E-state index < -0.39 is 5.92 Å². The van der Waals surface area contributed by atoms with Gasteiger partial charge in [0, 0.05) is 18.8 Å². The lowest BCUT2D eigenvalue weighted by molar-refractivity contribution is -0.122. The van der Waals surface area contributed by atoms with Crippen molar-refractivity contribution in [3.05, 3.63) is 47.6 Å². The molecule has 1 amide bonds. The van der Waals surface area contributed by atoms with Crippen LogP contribution >= 0.6 is 0 Å². The van der Waals surface area contributed by atoms with Crippen molar-refractivity contribution in [2.75, 3.05) is 0 Å². The largest absolute Gasteiger partial charge is 0.346 e. The van der Waals surface area contributed by atoms with Crippen molar-refractivity contribution in [1.29, 1.82) is 0 Å². The third-order valence-electron chi connectivity index (χ3n) is 4.67. The summed E-state index contributed by atoms with van der Waals surface area (Å²) in [6.45, 7) is 1.96. The molecule has 25 heavy (non-hydrogen) atoms. The highest BCUT2D eigenvalue weighted by Gasteiger charge is 2.36. The molecule has 0 aliphatic heterocycles. The zero-order valence-corrected chi connectivity index (χ0v) is 14.0. The Labute approximate surface area is 144 Å². The van der Waals surface area contributed by atoms with Gasteiger partial charge in [0.05, 0.1) is 12.5 Å². The van der Waals surface area contributed by atoms with Crippen molar-refractivity contribution in [3.8, 4) is 0 Å². The minimum absolute atomic E-state index is 0.101. The lowest BCUT2D eigenvalue weighted by atomic mass is 9.86. The maximum absolute atomic E-state index is 13.2. The van der Waals surface area contributed by atoms with E-state index in [4.69, 9.17) is 4.52 Å². The van der Waals surface area contributed by atoms with E-state index in [0.29, 0.717) is 24.6 Å². The van der Waals surface area contributed by atoms with Crippen LogP contribution in [0.3, 0.4) is 0 Å². The highest BCUT2D eigenvalue weighted by molar-refractivity contribution is 5.83. The number of hydrogen-bond acceptors (Lipinski definition) is 4. The quantitative estimate of drug-likeness (QED) is 0.892. The Balaban J connectivity index is 1.53. The van der Waals surface area contributed by atoms with Crippen LogP contribution in [0.5, 0.6) is 0 Å². The number of rotatable bonds is 5. The summed E-state index contributed by atoms with van der Waals surface area (Å²) in [7, 11) is 0. The predicted molar refractivity (Wildman–Crippen MR) is 87.2 cm³/mol. The number of alkyl halides is 2. The highest BCUT2D eigenvalue weighted by atomic mass is 19.3. The number of halogens is 2. The molecule has 0 saturated heterocycles. The molecule has 0 bridgehead atoms. The van der Waals surface area contributed by atoms with Gasteiger partial charge < -0.3 is 9.84 Å². The molecule has 3 rings (SSSR count). The highest BCUT2D eigenvalue weighted by Crippen LogP contribution is 2.39. The van der Waals surface area contributed by atoms with Gasteiger partial charge in [0.2, 0.25) is 17.7 Å². The lowest BCUT2D eigenvalue weighted by Crippen LogP contribution is -2.27. The molecule has 0 spiro atoms. The summed E-state index contributed by atoms with van der Waals surface area (Å²) in [6.07, 6.45) is 0.409. The van der Waals surface area contributed by atoms with E-state index in [1.165, 1.54) is 0 Å². The second kappa shape index (κ2) is 7.29. The molecule has 1 atom stereocenters. The van der Waals surface area contributed by atoms with E-state index in [0.717, 1.165) is 5.56 Å². The Bertz CT molecular complexity index is 708. The Morgan fingerprint density at radius 3 is 2.68 bits per heavy atom. The topological polar surface area (TPSA) is 68.0 Å². The first-order valence-corrected chi connectivity index (χ1v) is 8.47. The third-order valence-corrected chi connectivity index (χ3v) is 4.67. The average Bonchev–Trinajstić information content (AvgIpc) is 3.08. The van der Waals surface area contributed by atoms with Crippen molar-refractivity contribution in [2.24, 2.45) is 0 Å². The Hall–Kier alpha value is -2.31. The van der Waals surface area contributed by atoms with Crippen LogP contribution in [0, 0.1) is 0 Å². The molecule has 1 N–H and O–H groups in total. The van der Waals surface area contributed by atoms with Crippen molar-refractivity contribution in [2.45, 2.75) is 56.9 Å². The van der Waals surface area contributed by atoms with Gasteiger partial charge in [0.25, 0.3) is 0 Å². The first-order chi connectivity index (χ1) is 11.9. The fraction of sp³-hybridized carbons (Fsp3) is 0.500. The summed E-state index contributed by atoms with van der Waals surface area (Å²) in [5.74, 6) is -2.36. The van der Waals surface area contributed by atoms with Crippen molar-refractivity contribution >= 4 is 5.91 Å². The summed E-state index contributed by atoms with van der Waals surface area (Å²) in [5, 5.41) is 6.66. The molecule has 1 aliphatic carbocycles. The third kappa shape index (κ3) is 4.41. The molecule has 0 radical (unpaired) electrons. The Kier molecular flexibility index (Phi) is 5.11. The molecule has 1 aromatic carbocycles. The summed E-state index contributed by atoms with van der Waals surface area (Å²) in [6, 6.07) is 9.46. The second-order valence-electron chi connectivity index (χ2n) is 6.53. The average molecular weight is 349 g/mol.